The summed E-state index contributed by atoms with van der Waals surface area (Å²) in [6, 6.07) is 4.17. The highest BCUT2D eigenvalue weighted by atomic mass is 79.9. The second-order valence-corrected chi connectivity index (χ2v) is 4.76. The van der Waals surface area contributed by atoms with Gasteiger partial charge in [0.25, 0.3) is 0 Å². The predicted octanol–water partition coefficient (Wildman–Crippen LogP) is 2.60. The smallest absolute Gasteiger partial charge is 0.223 e. The molecule has 1 unspecified atom stereocenters. The minimum Gasteiger partial charge on any atom is -0.469 e. The molecule has 1 aromatic heterocycles. The van der Waals surface area contributed by atoms with E-state index in [0.717, 1.165) is 30.5 Å². The molecule has 0 N–H and O–H groups in total. The summed E-state index contributed by atoms with van der Waals surface area (Å²) in [5.74, 6) is 1.14. The second kappa shape index (κ2) is 5.53. The summed E-state index contributed by atoms with van der Waals surface area (Å²) in [4.78, 5) is 14.0. The number of alkyl halides is 1. The summed E-state index contributed by atoms with van der Waals surface area (Å²) in [5.41, 5.74) is 0. The molecule has 88 valence electrons. The van der Waals surface area contributed by atoms with Gasteiger partial charge in [0.1, 0.15) is 5.76 Å². The summed E-state index contributed by atoms with van der Waals surface area (Å²) >= 11 is 3.46. The third-order valence-corrected chi connectivity index (χ3v) is 3.79. The third-order valence-electron chi connectivity index (χ3n) is 3.04. The topological polar surface area (TPSA) is 33.5 Å². The van der Waals surface area contributed by atoms with Crippen molar-refractivity contribution in [3.63, 3.8) is 0 Å². The number of rotatable bonds is 4. The summed E-state index contributed by atoms with van der Waals surface area (Å²) in [5, 5.41) is 0.888. The van der Waals surface area contributed by atoms with E-state index in [2.05, 4.69) is 15.9 Å². The SMILES string of the molecule is O=C(CCc1ccco1)N1CCCC1CBr. The Morgan fingerprint density at radius 1 is 1.62 bits per heavy atom. The molecule has 1 aliphatic rings. The molecule has 1 amide bonds. The Balaban J connectivity index is 1.83. The van der Waals surface area contributed by atoms with Crippen molar-refractivity contribution in [2.24, 2.45) is 0 Å². The van der Waals surface area contributed by atoms with Crippen LogP contribution in [0, 0.1) is 0 Å². The number of aryl methyl sites for hydroxylation is 1. The zero-order valence-corrected chi connectivity index (χ0v) is 10.8. The van der Waals surface area contributed by atoms with Crippen molar-refractivity contribution < 1.29 is 9.21 Å². The van der Waals surface area contributed by atoms with E-state index >= 15 is 0 Å². The van der Waals surface area contributed by atoms with Crippen molar-refractivity contribution in [3.05, 3.63) is 24.2 Å². The normalized spacial score (nSPS) is 20.3. The van der Waals surface area contributed by atoms with E-state index < -0.39 is 0 Å². The van der Waals surface area contributed by atoms with Crippen LogP contribution in [0.2, 0.25) is 0 Å². The van der Waals surface area contributed by atoms with Crippen LogP contribution < -0.4 is 0 Å². The van der Waals surface area contributed by atoms with Crippen LogP contribution in [0.1, 0.15) is 25.0 Å². The summed E-state index contributed by atoms with van der Waals surface area (Å²) < 4.78 is 5.22. The average molecular weight is 286 g/mol. The Morgan fingerprint density at radius 2 is 2.50 bits per heavy atom. The van der Waals surface area contributed by atoms with Gasteiger partial charge < -0.3 is 9.32 Å². The molecule has 0 saturated carbocycles. The van der Waals surface area contributed by atoms with Gasteiger partial charge in [0, 0.05) is 30.8 Å². The highest BCUT2D eigenvalue weighted by molar-refractivity contribution is 9.09. The van der Waals surface area contributed by atoms with Crippen LogP contribution >= 0.6 is 15.9 Å². The van der Waals surface area contributed by atoms with Crippen molar-refractivity contribution in [1.82, 2.24) is 4.90 Å². The van der Waals surface area contributed by atoms with Crippen LogP contribution in [0.25, 0.3) is 0 Å². The van der Waals surface area contributed by atoms with Crippen molar-refractivity contribution in [2.75, 3.05) is 11.9 Å². The lowest BCUT2D eigenvalue weighted by Crippen LogP contribution is -2.36. The van der Waals surface area contributed by atoms with Crippen LogP contribution in [0.3, 0.4) is 0 Å². The van der Waals surface area contributed by atoms with Crippen LogP contribution in [-0.4, -0.2) is 28.7 Å². The largest absolute Gasteiger partial charge is 0.469 e. The van der Waals surface area contributed by atoms with E-state index in [1.54, 1.807) is 6.26 Å². The van der Waals surface area contributed by atoms with Crippen molar-refractivity contribution >= 4 is 21.8 Å². The van der Waals surface area contributed by atoms with E-state index in [9.17, 15) is 4.79 Å². The molecule has 0 bridgehead atoms. The number of carbonyl (C=O) groups is 1. The Bertz CT molecular complexity index is 337. The Hall–Kier alpha value is -0.770. The highest BCUT2D eigenvalue weighted by Gasteiger charge is 2.27. The highest BCUT2D eigenvalue weighted by Crippen LogP contribution is 2.20. The van der Waals surface area contributed by atoms with Crippen LogP contribution in [0.4, 0.5) is 0 Å². The molecule has 0 aliphatic carbocycles. The van der Waals surface area contributed by atoms with Gasteiger partial charge in [-0.3, -0.25) is 4.79 Å². The molecule has 0 radical (unpaired) electrons. The molecular weight excluding hydrogens is 270 g/mol. The van der Waals surface area contributed by atoms with E-state index in [1.807, 2.05) is 17.0 Å². The number of hydrogen-bond acceptors (Lipinski definition) is 2. The molecular formula is C12H16BrNO2. The number of carbonyl (C=O) groups excluding carboxylic acids is 1. The summed E-state index contributed by atoms with van der Waals surface area (Å²) in [7, 11) is 0. The maximum atomic E-state index is 12.0. The zero-order valence-electron chi connectivity index (χ0n) is 9.19. The quantitative estimate of drug-likeness (QED) is 0.797. The molecule has 4 heteroatoms. The van der Waals surface area contributed by atoms with Crippen LogP contribution in [0.5, 0.6) is 0 Å². The summed E-state index contributed by atoms with van der Waals surface area (Å²) in [6.07, 6.45) is 5.16. The van der Waals surface area contributed by atoms with Crippen LogP contribution in [-0.2, 0) is 11.2 Å². The van der Waals surface area contributed by atoms with Gasteiger partial charge in [0.15, 0.2) is 0 Å². The average Bonchev–Trinajstić information content (AvgIpc) is 2.96. The number of amides is 1. The Kier molecular flexibility index (Phi) is 4.04. The van der Waals surface area contributed by atoms with Crippen molar-refractivity contribution in [1.29, 1.82) is 0 Å². The maximum absolute atomic E-state index is 12.0. The fraction of sp³-hybridized carbons (Fsp3) is 0.583. The van der Waals surface area contributed by atoms with E-state index in [4.69, 9.17) is 4.42 Å². The first kappa shape index (κ1) is 11.7. The first-order valence-corrected chi connectivity index (χ1v) is 6.81. The first-order valence-electron chi connectivity index (χ1n) is 5.69. The van der Waals surface area contributed by atoms with E-state index in [1.165, 1.54) is 0 Å². The molecule has 1 aliphatic heterocycles. The standard InChI is InChI=1S/C12H16BrNO2/c13-9-10-3-1-7-14(10)12(15)6-5-11-4-2-8-16-11/h2,4,8,10H,1,3,5-7,9H2. The van der Waals surface area contributed by atoms with E-state index in [-0.39, 0.29) is 5.91 Å². The van der Waals surface area contributed by atoms with Crippen molar-refractivity contribution in [2.45, 2.75) is 31.7 Å². The van der Waals surface area contributed by atoms with Gasteiger partial charge in [-0.15, -0.1) is 0 Å². The fourth-order valence-corrected chi connectivity index (χ4v) is 2.83. The molecule has 3 nitrogen and oxygen atoms in total. The minimum atomic E-state index is 0.248. The number of nitrogens with zero attached hydrogens (tertiary/aromatic N) is 1. The number of hydrogen-bond donors (Lipinski definition) is 0. The second-order valence-electron chi connectivity index (χ2n) is 4.12. The molecule has 16 heavy (non-hydrogen) atoms. The lowest BCUT2D eigenvalue weighted by molar-refractivity contribution is -0.131. The lowest BCUT2D eigenvalue weighted by Gasteiger charge is -2.22. The van der Waals surface area contributed by atoms with Gasteiger partial charge in [0.2, 0.25) is 5.91 Å². The predicted molar refractivity (Wildman–Crippen MR) is 65.6 cm³/mol. The first-order chi connectivity index (χ1) is 7.81. The minimum absolute atomic E-state index is 0.248. The van der Waals surface area contributed by atoms with Gasteiger partial charge in [0.05, 0.1) is 6.26 Å². The molecule has 1 aromatic rings. The van der Waals surface area contributed by atoms with Crippen molar-refractivity contribution in [3.8, 4) is 0 Å². The Morgan fingerprint density at radius 3 is 3.19 bits per heavy atom. The summed E-state index contributed by atoms with van der Waals surface area (Å²) in [6.45, 7) is 0.910. The number of halogens is 1. The molecule has 1 fully saturated rings. The van der Waals surface area contributed by atoms with Crippen LogP contribution in [0.15, 0.2) is 22.8 Å². The molecule has 1 atom stereocenters. The van der Waals surface area contributed by atoms with Gasteiger partial charge >= 0.3 is 0 Å². The fourth-order valence-electron chi connectivity index (χ4n) is 2.15. The van der Waals surface area contributed by atoms with E-state index in [0.29, 0.717) is 18.9 Å². The number of likely N-dealkylation sites (tertiary alicyclic amines) is 1. The molecule has 0 spiro atoms. The lowest BCUT2D eigenvalue weighted by atomic mass is 10.2. The third kappa shape index (κ3) is 2.67. The monoisotopic (exact) mass is 285 g/mol. The maximum Gasteiger partial charge on any atom is 0.223 e. The van der Waals surface area contributed by atoms with Gasteiger partial charge in [-0.2, -0.15) is 0 Å². The number of furan rings is 1. The van der Waals surface area contributed by atoms with Gasteiger partial charge in [-0.1, -0.05) is 15.9 Å². The molecule has 0 aromatic carbocycles. The zero-order chi connectivity index (χ0) is 11.4. The molecule has 2 rings (SSSR count). The molecule has 2 heterocycles. The van der Waals surface area contributed by atoms with Gasteiger partial charge in [-0.05, 0) is 25.0 Å². The van der Waals surface area contributed by atoms with Gasteiger partial charge in [-0.25, -0.2) is 0 Å². The Labute approximate surface area is 104 Å². The molecule has 1 saturated heterocycles.